The molecule has 4 nitrogen and oxygen atoms in total. The fourth-order valence-corrected chi connectivity index (χ4v) is 3.53. The maximum Gasteiger partial charge on any atom is 0.306 e. The Bertz CT molecular complexity index is 368. The molecule has 0 radical (unpaired) electrons. The van der Waals surface area contributed by atoms with Crippen molar-refractivity contribution in [1.29, 1.82) is 0 Å². The minimum atomic E-state index is -0.714. The average molecular weight is 399 g/mol. The summed E-state index contributed by atoms with van der Waals surface area (Å²) in [5.74, 6) is -0.747. The van der Waals surface area contributed by atoms with Gasteiger partial charge in [-0.05, 0) is 38.5 Å². The van der Waals surface area contributed by atoms with Gasteiger partial charge < -0.3 is 9.84 Å². The lowest BCUT2D eigenvalue weighted by molar-refractivity contribution is -0.150. The van der Waals surface area contributed by atoms with Gasteiger partial charge >= 0.3 is 11.9 Å². The molecule has 0 saturated carbocycles. The fraction of sp³-hybridized carbons (Fsp3) is 0.917. The Labute approximate surface area is 173 Å². The van der Waals surface area contributed by atoms with E-state index in [1.807, 2.05) is 0 Å². The summed E-state index contributed by atoms with van der Waals surface area (Å²) >= 11 is 0. The minimum Gasteiger partial charge on any atom is -0.481 e. The maximum atomic E-state index is 12.1. The predicted octanol–water partition coefficient (Wildman–Crippen LogP) is 7.43. The monoisotopic (exact) mass is 398 g/mol. The van der Waals surface area contributed by atoms with Crippen LogP contribution in [0.5, 0.6) is 0 Å². The van der Waals surface area contributed by atoms with Gasteiger partial charge in [0.2, 0.25) is 0 Å². The van der Waals surface area contributed by atoms with Crippen molar-refractivity contribution in [3.63, 3.8) is 0 Å². The van der Waals surface area contributed by atoms with Crippen LogP contribution in [0.15, 0.2) is 0 Å². The molecule has 1 unspecified atom stereocenters. The van der Waals surface area contributed by atoms with Gasteiger partial charge in [0.1, 0.15) is 6.10 Å². The first kappa shape index (κ1) is 26.9. The van der Waals surface area contributed by atoms with Gasteiger partial charge in [0.15, 0.2) is 0 Å². The zero-order valence-electron chi connectivity index (χ0n) is 18.7. The first-order valence-electron chi connectivity index (χ1n) is 12.0. The molecule has 0 aliphatic carbocycles. The third kappa shape index (κ3) is 19.7. The first-order chi connectivity index (χ1) is 13.6. The Morgan fingerprint density at radius 3 is 1.61 bits per heavy atom. The van der Waals surface area contributed by atoms with E-state index in [1.54, 1.807) is 0 Å². The number of ether oxygens (including phenoxy) is 1. The number of aliphatic carboxylic acids is 1. The van der Waals surface area contributed by atoms with Gasteiger partial charge in [-0.3, -0.25) is 9.59 Å². The summed E-state index contributed by atoms with van der Waals surface area (Å²) in [6, 6.07) is 0. The number of esters is 1. The summed E-state index contributed by atoms with van der Waals surface area (Å²) in [4.78, 5) is 22.7. The highest BCUT2D eigenvalue weighted by atomic mass is 16.5. The van der Waals surface area contributed by atoms with Crippen molar-refractivity contribution < 1.29 is 19.4 Å². The van der Waals surface area contributed by atoms with Crippen LogP contribution in [0.1, 0.15) is 136 Å². The molecule has 166 valence electrons. The van der Waals surface area contributed by atoms with Crippen LogP contribution in [-0.2, 0) is 14.3 Å². The largest absolute Gasteiger partial charge is 0.481 e. The SMILES string of the molecule is CCCCCCCCCC(CCCCCCC(=O)O)OC(=O)CCCCCC. The maximum absolute atomic E-state index is 12.1. The van der Waals surface area contributed by atoms with E-state index in [2.05, 4.69) is 13.8 Å². The molecule has 0 amide bonds. The number of rotatable bonds is 21. The van der Waals surface area contributed by atoms with Gasteiger partial charge in [-0.25, -0.2) is 0 Å². The van der Waals surface area contributed by atoms with Crippen molar-refractivity contribution in [3.05, 3.63) is 0 Å². The molecular weight excluding hydrogens is 352 g/mol. The topological polar surface area (TPSA) is 63.6 Å². The van der Waals surface area contributed by atoms with Crippen LogP contribution in [-0.4, -0.2) is 23.1 Å². The molecule has 0 fully saturated rings. The van der Waals surface area contributed by atoms with Crippen LogP contribution in [0.25, 0.3) is 0 Å². The number of hydrogen-bond acceptors (Lipinski definition) is 3. The van der Waals surface area contributed by atoms with Crippen LogP contribution in [0.2, 0.25) is 0 Å². The van der Waals surface area contributed by atoms with Gasteiger partial charge in [0.25, 0.3) is 0 Å². The molecule has 4 heteroatoms. The molecular formula is C24H46O4. The molecule has 0 bridgehead atoms. The Hall–Kier alpha value is -1.06. The summed E-state index contributed by atoms with van der Waals surface area (Å²) < 4.78 is 5.79. The second-order valence-electron chi connectivity index (χ2n) is 8.18. The molecule has 0 aliphatic heterocycles. The number of hydrogen-bond donors (Lipinski definition) is 1. The molecule has 0 heterocycles. The lowest BCUT2D eigenvalue weighted by Crippen LogP contribution is -2.18. The van der Waals surface area contributed by atoms with Crippen molar-refractivity contribution in [1.82, 2.24) is 0 Å². The Kier molecular flexibility index (Phi) is 19.9. The van der Waals surface area contributed by atoms with Crippen LogP contribution in [0, 0.1) is 0 Å². The van der Waals surface area contributed by atoms with Crippen molar-refractivity contribution in [2.75, 3.05) is 0 Å². The lowest BCUT2D eigenvalue weighted by atomic mass is 10.0. The van der Waals surface area contributed by atoms with Crippen LogP contribution < -0.4 is 0 Å². The van der Waals surface area contributed by atoms with E-state index in [1.165, 1.54) is 51.4 Å². The molecule has 0 spiro atoms. The van der Waals surface area contributed by atoms with Crippen LogP contribution in [0.3, 0.4) is 0 Å². The van der Waals surface area contributed by atoms with E-state index < -0.39 is 5.97 Å². The zero-order valence-corrected chi connectivity index (χ0v) is 18.7. The van der Waals surface area contributed by atoms with E-state index in [0.29, 0.717) is 6.42 Å². The highest BCUT2D eigenvalue weighted by Gasteiger charge is 2.14. The first-order valence-corrected chi connectivity index (χ1v) is 12.0. The normalized spacial score (nSPS) is 12.1. The minimum absolute atomic E-state index is 0.0325. The molecule has 1 N–H and O–H groups in total. The van der Waals surface area contributed by atoms with E-state index >= 15 is 0 Å². The number of carboxylic acids is 1. The van der Waals surface area contributed by atoms with Gasteiger partial charge in [0.05, 0.1) is 0 Å². The van der Waals surface area contributed by atoms with Gasteiger partial charge in [-0.2, -0.15) is 0 Å². The molecule has 1 atom stereocenters. The third-order valence-electron chi connectivity index (χ3n) is 5.33. The number of carbonyl (C=O) groups is 2. The summed E-state index contributed by atoms with van der Waals surface area (Å²) in [5.41, 5.74) is 0. The summed E-state index contributed by atoms with van der Waals surface area (Å²) in [6.07, 6.45) is 19.8. The van der Waals surface area contributed by atoms with Crippen molar-refractivity contribution in [2.45, 2.75) is 142 Å². The summed E-state index contributed by atoms with van der Waals surface area (Å²) in [7, 11) is 0. The van der Waals surface area contributed by atoms with E-state index in [9.17, 15) is 9.59 Å². The molecule has 0 saturated heterocycles. The third-order valence-corrected chi connectivity index (χ3v) is 5.33. The highest BCUT2D eigenvalue weighted by Crippen LogP contribution is 2.18. The number of carbonyl (C=O) groups excluding carboxylic acids is 1. The summed E-state index contributed by atoms with van der Waals surface area (Å²) in [5, 5.41) is 8.69. The molecule has 0 aromatic heterocycles. The van der Waals surface area contributed by atoms with Crippen molar-refractivity contribution in [3.8, 4) is 0 Å². The predicted molar refractivity (Wildman–Crippen MR) is 117 cm³/mol. The van der Waals surface area contributed by atoms with E-state index in [0.717, 1.165) is 57.8 Å². The Morgan fingerprint density at radius 2 is 1.07 bits per heavy atom. The average Bonchev–Trinajstić information content (AvgIpc) is 2.66. The molecule has 0 aliphatic rings. The van der Waals surface area contributed by atoms with Crippen LogP contribution in [0.4, 0.5) is 0 Å². The smallest absolute Gasteiger partial charge is 0.306 e. The quantitative estimate of drug-likeness (QED) is 0.161. The standard InChI is InChI=1S/C24H46O4/c1-3-5-7-9-10-11-14-18-22(19-15-12-13-16-20-23(25)26)28-24(27)21-17-8-6-4-2/h22H,3-21H2,1-2H3,(H,25,26). The molecule has 0 rings (SSSR count). The van der Waals surface area contributed by atoms with Crippen molar-refractivity contribution >= 4 is 11.9 Å². The number of unbranched alkanes of at least 4 members (excludes halogenated alkanes) is 12. The lowest BCUT2D eigenvalue weighted by Gasteiger charge is -2.18. The van der Waals surface area contributed by atoms with Gasteiger partial charge in [-0.15, -0.1) is 0 Å². The molecule has 0 aromatic carbocycles. The molecule has 28 heavy (non-hydrogen) atoms. The molecule has 0 aromatic rings. The second kappa shape index (κ2) is 20.7. The Balaban J connectivity index is 4.04. The van der Waals surface area contributed by atoms with E-state index in [4.69, 9.17) is 9.84 Å². The fourth-order valence-electron chi connectivity index (χ4n) is 3.53. The highest BCUT2D eigenvalue weighted by molar-refractivity contribution is 5.69. The van der Waals surface area contributed by atoms with Crippen molar-refractivity contribution in [2.24, 2.45) is 0 Å². The second-order valence-corrected chi connectivity index (χ2v) is 8.18. The van der Waals surface area contributed by atoms with Crippen LogP contribution >= 0.6 is 0 Å². The van der Waals surface area contributed by atoms with Gasteiger partial charge in [-0.1, -0.05) is 84.5 Å². The number of carboxylic acid groups (broad SMARTS) is 1. The summed E-state index contributed by atoms with van der Waals surface area (Å²) in [6.45, 7) is 4.41. The van der Waals surface area contributed by atoms with Gasteiger partial charge in [0, 0.05) is 12.8 Å². The zero-order chi connectivity index (χ0) is 20.9. The van der Waals surface area contributed by atoms with E-state index in [-0.39, 0.29) is 18.5 Å². The Morgan fingerprint density at radius 1 is 0.643 bits per heavy atom.